The zero-order valence-corrected chi connectivity index (χ0v) is 8.22. The molecule has 1 atom stereocenters. The lowest BCUT2D eigenvalue weighted by Gasteiger charge is -2.14. The minimum atomic E-state index is 0.621. The van der Waals surface area contributed by atoms with Crippen molar-refractivity contribution in [2.45, 2.75) is 32.2 Å². The van der Waals surface area contributed by atoms with Gasteiger partial charge in [0.1, 0.15) is 0 Å². The molecule has 1 N–H and O–H groups in total. The molecule has 0 aliphatic carbocycles. The number of hydrogen-bond acceptors (Lipinski definition) is 1. The highest BCUT2D eigenvalue weighted by Gasteiger charge is 2.17. The van der Waals surface area contributed by atoms with Crippen LogP contribution in [-0.2, 0) is 6.42 Å². The molecule has 0 unspecified atom stereocenters. The minimum Gasteiger partial charge on any atom is -0.310 e. The van der Waals surface area contributed by atoms with Gasteiger partial charge in [-0.1, -0.05) is 31.2 Å². The molecular formula is C12H17N. The summed E-state index contributed by atoms with van der Waals surface area (Å²) in [5.41, 5.74) is 3.02. The largest absolute Gasteiger partial charge is 0.310 e. The first-order chi connectivity index (χ1) is 6.42. The number of aryl methyl sites for hydroxylation is 1. The van der Waals surface area contributed by atoms with Gasteiger partial charge in [-0.2, -0.15) is 0 Å². The lowest BCUT2D eigenvalue weighted by atomic mass is 9.98. The van der Waals surface area contributed by atoms with Crippen molar-refractivity contribution in [3.63, 3.8) is 0 Å². The predicted molar refractivity (Wildman–Crippen MR) is 55.8 cm³/mol. The Balaban J connectivity index is 2.26. The van der Waals surface area contributed by atoms with Gasteiger partial charge >= 0.3 is 0 Å². The van der Waals surface area contributed by atoms with E-state index in [-0.39, 0.29) is 0 Å². The van der Waals surface area contributed by atoms with Crippen molar-refractivity contribution in [2.75, 3.05) is 6.54 Å². The molecule has 1 aromatic carbocycles. The third kappa shape index (κ3) is 1.75. The molecule has 1 nitrogen and oxygen atoms in total. The maximum Gasteiger partial charge on any atom is 0.0323 e. The van der Waals surface area contributed by atoms with Crippen molar-refractivity contribution < 1.29 is 0 Å². The molecule has 1 heterocycles. The van der Waals surface area contributed by atoms with Crippen molar-refractivity contribution in [1.82, 2.24) is 5.32 Å². The van der Waals surface area contributed by atoms with Gasteiger partial charge in [-0.05, 0) is 36.9 Å². The second-order valence-electron chi connectivity index (χ2n) is 3.70. The van der Waals surface area contributed by atoms with Crippen LogP contribution in [0.15, 0.2) is 24.3 Å². The van der Waals surface area contributed by atoms with E-state index in [1.807, 2.05) is 0 Å². The van der Waals surface area contributed by atoms with Crippen LogP contribution in [-0.4, -0.2) is 6.54 Å². The average Bonchev–Trinajstić information content (AvgIpc) is 2.70. The van der Waals surface area contributed by atoms with Gasteiger partial charge in [-0.25, -0.2) is 0 Å². The molecule has 0 saturated carbocycles. The van der Waals surface area contributed by atoms with Gasteiger partial charge in [0.05, 0.1) is 0 Å². The molecule has 0 bridgehead atoms. The van der Waals surface area contributed by atoms with Crippen molar-refractivity contribution in [2.24, 2.45) is 0 Å². The Bertz CT molecular complexity index is 274. The van der Waals surface area contributed by atoms with E-state index in [9.17, 15) is 0 Å². The van der Waals surface area contributed by atoms with E-state index in [4.69, 9.17) is 0 Å². The fourth-order valence-electron chi connectivity index (χ4n) is 2.15. The van der Waals surface area contributed by atoms with Gasteiger partial charge in [0.2, 0.25) is 0 Å². The second-order valence-corrected chi connectivity index (χ2v) is 3.70. The molecular weight excluding hydrogens is 158 g/mol. The van der Waals surface area contributed by atoms with E-state index in [0.717, 1.165) is 6.42 Å². The Morgan fingerprint density at radius 2 is 2.23 bits per heavy atom. The molecule has 0 radical (unpaired) electrons. The van der Waals surface area contributed by atoms with Gasteiger partial charge < -0.3 is 5.32 Å². The number of rotatable bonds is 2. The molecule has 1 saturated heterocycles. The van der Waals surface area contributed by atoms with E-state index >= 15 is 0 Å². The Kier molecular flexibility index (Phi) is 2.65. The highest BCUT2D eigenvalue weighted by atomic mass is 14.9. The first kappa shape index (κ1) is 8.76. The highest BCUT2D eigenvalue weighted by Crippen LogP contribution is 2.25. The molecule has 1 heteroatoms. The van der Waals surface area contributed by atoms with Crippen LogP contribution in [0, 0.1) is 0 Å². The summed E-state index contributed by atoms with van der Waals surface area (Å²) in [7, 11) is 0. The molecule has 0 amide bonds. The van der Waals surface area contributed by atoms with Crippen molar-refractivity contribution >= 4 is 0 Å². The summed E-state index contributed by atoms with van der Waals surface area (Å²) in [6.45, 7) is 3.41. The van der Waals surface area contributed by atoms with E-state index < -0.39 is 0 Å². The molecule has 13 heavy (non-hydrogen) atoms. The standard InChI is InChI=1S/C12H17N/c1-2-10-6-3-4-7-11(10)12-8-5-9-13-12/h3-4,6-7,12-13H,2,5,8-9H2,1H3/t12-/m1/s1. The zero-order valence-electron chi connectivity index (χ0n) is 8.22. The topological polar surface area (TPSA) is 12.0 Å². The Hall–Kier alpha value is -0.820. The van der Waals surface area contributed by atoms with Crippen molar-refractivity contribution in [3.8, 4) is 0 Å². The predicted octanol–water partition coefficient (Wildman–Crippen LogP) is 2.67. The van der Waals surface area contributed by atoms with Crippen LogP contribution >= 0.6 is 0 Å². The number of hydrogen-bond donors (Lipinski definition) is 1. The summed E-state index contributed by atoms with van der Waals surface area (Å²) in [5.74, 6) is 0. The summed E-state index contributed by atoms with van der Waals surface area (Å²) in [6, 6.07) is 9.42. The van der Waals surface area contributed by atoms with E-state index in [2.05, 4.69) is 36.5 Å². The van der Waals surface area contributed by atoms with Crippen LogP contribution in [0.25, 0.3) is 0 Å². The smallest absolute Gasteiger partial charge is 0.0323 e. The van der Waals surface area contributed by atoms with Crippen LogP contribution in [0.3, 0.4) is 0 Å². The third-order valence-electron chi connectivity index (χ3n) is 2.87. The molecule has 1 fully saturated rings. The lowest BCUT2D eigenvalue weighted by Crippen LogP contribution is -2.14. The van der Waals surface area contributed by atoms with Crippen LogP contribution in [0.5, 0.6) is 0 Å². The van der Waals surface area contributed by atoms with Gasteiger partial charge in [0.25, 0.3) is 0 Å². The molecule has 0 spiro atoms. The van der Waals surface area contributed by atoms with Gasteiger partial charge in [0, 0.05) is 6.04 Å². The average molecular weight is 175 g/mol. The van der Waals surface area contributed by atoms with Crippen molar-refractivity contribution in [3.05, 3.63) is 35.4 Å². The highest BCUT2D eigenvalue weighted by molar-refractivity contribution is 5.30. The zero-order chi connectivity index (χ0) is 9.10. The quantitative estimate of drug-likeness (QED) is 0.728. The summed E-state index contributed by atoms with van der Waals surface area (Å²) in [5, 5.41) is 3.55. The molecule has 1 aliphatic rings. The molecule has 2 rings (SSSR count). The monoisotopic (exact) mass is 175 g/mol. The van der Waals surface area contributed by atoms with Gasteiger partial charge in [0.15, 0.2) is 0 Å². The van der Waals surface area contributed by atoms with Crippen molar-refractivity contribution in [1.29, 1.82) is 0 Å². The fraction of sp³-hybridized carbons (Fsp3) is 0.500. The van der Waals surface area contributed by atoms with E-state index in [0.29, 0.717) is 6.04 Å². The van der Waals surface area contributed by atoms with Crippen LogP contribution in [0.1, 0.15) is 36.9 Å². The van der Waals surface area contributed by atoms with Gasteiger partial charge in [-0.15, -0.1) is 0 Å². The van der Waals surface area contributed by atoms with E-state index in [1.54, 1.807) is 0 Å². The Morgan fingerprint density at radius 1 is 1.38 bits per heavy atom. The maximum absolute atomic E-state index is 3.55. The first-order valence-electron chi connectivity index (χ1n) is 5.23. The number of benzene rings is 1. The molecule has 0 aromatic heterocycles. The van der Waals surface area contributed by atoms with E-state index in [1.165, 1.54) is 30.5 Å². The lowest BCUT2D eigenvalue weighted by molar-refractivity contribution is 0.641. The Morgan fingerprint density at radius 3 is 2.92 bits per heavy atom. The van der Waals surface area contributed by atoms with Crippen LogP contribution in [0.4, 0.5) is 0 Å². The summed E-state index contributed by atoms with van der Waals surface area (Å²) in [6.07, 6.45) is 3.77. The molecule has 1 aromatic rings. The second kappa shape index (κ2) is 3.93. The molecule has 70 valence electrons. The van der Waals surface area contributed by atoms with Crippen LogP contribution in [0.2, 0.25) is 0 Å². The van der Waals surface area contributed by atoms with Crippen LogP contribution < -0.4 is 5.32 Å². The SMILES string of the molecule is CCc1ccccc1[C@H]1CCCN1. The Labute approximate surface area is 80.2 Å². The molecule has 1 aliphatic heterocycles. The maximum atomic E-state index is 3.55. The van der Waals surface area contributed by atoms with Gasteiger partial charge in [-0.3, -0.25) is 0 Å². The summed E-state index contributed by atoms with van der Waals surface area (Å²) >= 11 is 0. The fourth-order valence-corrected chi connectivity index (χ4v) is 2.15. The first-order valence-corrected chi connectivity index (χ1v) is 5.23. The number of nitrogens with one attached hydrogen (secondary N) is 1. The summed E-state index contributed by atoms with van der Waals surface area (Å²) < 4.78 is 0. The normalized spacial score (nSPS) is 22.1. The minimum absolute atomic E-state index is 0.621. The summed E-state index contributed by atoms with van der Waals surface area (Å²) in [4.78, 5) is 0. The third-order valence-corrected chi connectivity index (χ3v) is 2.87.